The number of nitrogens with zero attached hydrogens (tertiary/aromatic N) is 2. The van der Waals surface area contributed by atoms with E-state index in [0.717, 1.165) is 25.2 Å². The Morgan fingerprint density at radius 1 is 1.53 bits per heavy atom. The van der Waals surface area contributed by atoms with E-state index in [9.17, 15) is 9.50 Å². The Balaban J connectivity index is 1.75. The summed E-state index contributed by atoms with van der Waals surface area (Å²) in [4.78, 5) is 6.13. The summed E-state index contributed by atoms with van der Waals surface area (Å²) in [6, 6.07) is 2.88. The molecule has 0 spiro atoms. The number of aliphatic hydroxyl groups excluding tert-OH is 1. The summed E-state index contributed by atoms with van der Waals surface area (Å²) in [5.41, 5.74) is 0.547. The molecule has 1 aromatic heterocycles. The van der Waals surface area contributed by atoms with Crippen molar-refractivity contribution in [2.45, 2.75) is 25.4 Å². The first-order valence-electron chi connectivity index (χ1n) is 6.13. The topological polar surface area (TPSA) is 36.4 Å². The normalized spacial score (nSPS) is 17.4. The number of aliphatic hydroxyl groups is 1. The summed E-state index contributed by atoms with van der Waals surface area (Å²) in [6.45, 7) is 1.96. The molecule has 3 nitrogen and oxygen atoms in total. The number of pyridine rings is 1. The lowest BCUT2D eigenvalue weighted by Gasteiger charge is -2.18. The van der Waals surface area contributed by atoms with Crippen molar-refractivity contribution in [2.24, 2.45) is 5.92 Å². The third kappa shape index (κ3) is 4.06. The molecule has 0 bridgehead atoms. The van der Waals surface area contributed by atoms with E-state index in [1.54, 1.807) is 6.07 Å². The van der Waals surface area contributed by atoms with Gasteiger partial charge in [0.1, 0.15) is 5.82 Å². The van der Waals surface area contributed by atoms with Gasteiger partial charge in [-0.25, -0.2) is 4.39 Å². The van der Waals surface area contributed by atoms with Gasteiger partial charge in [0.05, 0.1) is 18.0 Å². The van der Waals surface area contributed by atoms with Crippen molar-refractivity contribution < 1.29 is 9.50 Å². The Morgan fingerprint density at radius 2 is 2.29 bits per heavy atom. The molecule has 0 aliphatic heterocycles. The van der Waals surface area contributed by atoms with Crippen LogP contribution >= 0.6 is 0 Å². The van der Waals surface area contributed by atoms with Gasteiger partial charge in [0, 0.05) is 13.1 Å². The zero-order valence-corrected chi connectivity index (χ0v) is 10.1. The maximum absolute atomic E-state index is 12.7. The van der Waals surface area contributed by atoms with E-state index in [2.05, 4.69) is 16.9 Å². The van der Waals surface area contributed by atoms with Gasteiger partial charge >= 0.3 is 0 Å². The van der Waals surface area contributed by atoms with Crippen molar-refractivity contribution in [3.63, 3.8) is 0 Å². The molecule has 1 fully saturated rings. The Bertz CT molecular complexity index is 351. The predicted molar refractivity (Wildman–Crippen MR) is 64.0 cm³/mol. The average molecular weight is 238 g/mol. The second-order valence-corrected chi connectivity index (χ2v) is 4.91. The van der Waals surface area contributed by atoms with E-state index >= 15 is 0 Å². The van der Waals surface area contributed by atoms with E-state index in [4.69, 9.17) is 0 Å². The number of hydrogen-bond acceptors (Lipinski definition) is 3. The largest absolute Gasteiger partial charge is 0.387 e. The molecule has 1 saturated carbocycles. The molecule has 1 N–H and O–H groups in total. The molecule has 1 unspecified atom stereocenters. The van der Waals surface area contributed by atoms with Gasteiger partial charge in [-0.15, -0.1) is 0 Å². The molecule has 0 radical (unpaired) electrons. The van der Waals surface area contributed by atoms with Crippen LogP contribution in [-0.4, -0.2) is 35.1 Å². The summed E-state index contributed by atoms with van der Waals surface area (Å²) < 4.78 is 12.7. The van der Waals surface area contributed by atoms with Crippen molar-refractivity contribution in [1.29, 1.82) is 0 Å². The number of halogens is 1. The van der Waals surface area contributed by atoms with Crippen LogP contribution in [0.2, 0.25) is 0 Å². The summed E-state index contributed by atoms with van der Waals surface area (Å²) in [7, 11) is 2.07. The molecule has 2 rings (SSSR count). The van der Waals surface area contributed by atoms with Gasteiger partial charge < -0.3 is 10.0 Å². The zero-order valence-electron chi connectivity index (χ0n) is 10.1. The molecule has 94 valence electrons. The van der Waals surface area contributed by atoms with Crippen LogP contribution in [0.5, 0.6) is 0 Å². The number of rotatable bonds is 6. The Hall–Kier alpha value is -1.00. The highest BCUT2D eigenvalue weighted by molar-refractivity contribution is 5.07. The van der Waals surface area contributed by atoms with Crippen molar-refractivity contribution in [1.82, 2.24) is 9.88 Å². The van der Waals surface area contributed by atoms with Gasteiger partial charge in [0.2, 0.25) is 0 Å². The summed E-state index contributed by atoms with van der Waals surface area (Å²) in [5.74, 6) is 0.493. The lowest BCUT2D eigenvalue weighted by atomic mass is 10.1. The Kier molecular flexibility index (Phi) is 4.07. The van der Waals surface area contributed by atoms with Crippen molar-refractivity contribution in [3.05, 3.63) is 29.8 Å². The molecule has 1 heterocycles. The molecular formula is C13H19FN2O. The van der Waals surface area contributed by atoms with Crippen LogP contribution in [0.25, 0.3) is 0 Å². The van der Waals surface area contributed by atoms with Gasteiger partial charge in [0.15, 0.2) is 0 Å². The molecule has 1 aromatic rings. The molecule has 1 aliphatic rings. The first-order valence-corrected chi connectivity index (χ1v) is 6.13. The van der Waals surface area contributed by atoms with Gasteiger partial charge in [-0.1, -0.05) is 0 Å². The highest BCUT2D eigenvalue weighted by Crippen LogP contribution is 2.29. The third-order valence-corrected chi connectivity index (χ3v) is 3.14. The van der Waals surface area contributed by atoms with Crippen molar-refractivity contribution in [3.8, 4) is 0 Å². The Morgan fingerprint density at radius 3 is 2.88 bits per heavy atom. The van der Waals surface area contributed by atoms with Crippen LogP contribution in [0.15, 0.2) is 18.3 Å². The van der Waals surface area contributed by atoms with Gasteiger partial charge in [0.25, 0.3) is 0 Å². The summed E-state index contributed by atoms with van der Waals surface area (Å²) >= 11 is 0. The summed E-state index contributed by atoms with van der Waals surface area (Å²) in [6.07, 6.45) is 3.87. The SMILES string of the molecule is CN(CCC(O)c1ccc(F)cn1)CC1CC1. The van der Waals surface area contributed by atoms with Crippen LogP contribution in [0, 0.1) is 11.7 Å². The van der Waals surface area contributed by atoms with Crippen LogP contribution in [-0.2, 0) is 0 Å². The number of hydrogen-bond donors (Lipinski definition) is 1. The maximum atomic E-state index is 12.7. The highest BCUT2D eigenvalue weighted by Gasteiger charge is 2.22. The minimum Gasteiger partial charge on any atom is -0.387 e. The van der Waals surface area contributed by atoms with E-state index in [1.165, 1.54) is 18.9 Å². The summed E-state index contributed by atoms with van der Waals surface area (Å²) in [5, 5.41) is 9.90. The van der Waals surface area contributed by atoms with Crippen LogP contribution in [0.1, 0.15) is 31.1 Å². The van der Waals surface area contributed by atoms with Gasteiger partial charge in [-0.05, 0) is 44.4 Å². The molecule has 17 heavy (non-hydrogen) atoms. The monoisotopic (exact) mass is 238 g/mol. The molecule has 0 aromatic carbocycles. The van der Waals surface area contributed by atoms with Crippen molar-refractivity contribution >= 4 is 0 Å². The quantitative estimate of drug-likeness (QED) is 0.823. The molecule has 1 aliphatic carbocycles. The van der Waals surface area contributed by atoms with Gasteiger partial charge in [-0.3, -0.25) is 4.98 Å². The standard InChI is InChI=1S/C13H19FN2O/c1-16(9-10-2-3-10)7-6-13(17)12-5-4-11(14)8-15-12/h4-5,8,10,13,17H,2-3,6-7,9H2,1H3. The fourth-order valence-electron chi connectivity index (χ4n) is 1.91. The minimum atomic E-state index is -0.600. The predicted octanol–water partition coefficient (Wildman–Crippen LogP) is 1.99. The second-order valence-electron chi connectivity index (χ2n) is 4.91. The fraction of sp³-hybridized carbons (Fsp3) is 0.615. The molecule has 1 atom stereocenters. The van der Waals surface area contributed by atoms with Crippen LogP contribution < -0.4 is 0 Å². The number of aromatic nitrogens is 1. The van der Waals surface area contributed by atoms with E-state index < -0.39 is 6.10 Å². The van der Waals surface area contributed by atoms with Gasteiger partial charge in [-0.2, -0.15) is 0 Å². The second kappa shape index (κ2) is 5.56. The van der Waals surface area contributed by atoms with E-state index in [0.29, 0.717) is 12.1 Å². The Labute approximate surface area is 101 Å². The fourth-order valence-corrected chi connectivity index (χ4v) is 1.91. The van der Waals surface area contributed by atoms with Crippen molar-refractivity contribution in [2.75, 3.05) is 20.1 Å². The van der Waals surface area contributed by atoms with E-state index in [-0.39, 0.29) is 5.82 Å². The molecule has 0 saturated heterocycles. The molecular weight excluding hydrogens is 219 g/mol. The smallest absolute Gasteiger partial charge is 0.141 e. The zero-order chi connectivity index (χ0) is 12.3. The van der Waals surface area contributed by atoms with Crippen LogP contribution in [0.4, 0.5) is 4.39 Å². The molecule has 4 heteroatoms. The molecule has 0 amide bonds. The van der Waals surface area contributed by atoms with E-state index in [1.807, 2.05) is 0 Å². The lowest BCUT2D eigenvalue weighted by Crippen LogP contribution is -2.23. The first kappa shape index (κ1) is 12.5. The average Bonchev–Trinajstić information content (AvgIpc) is 3.11. The minimum absolute atomic E-state index is 0.369. The highest BCUT2D eigenvalue weighted by atomic mass is 19.1. The lowest BCUT2D eigenvalue weighted by molar-refractivity contribution is 0.144. The van der Waals surface area contributed by atoms with Crippen LogP contribution in [0.3, 0.4) is 0 Å². The first-order chi connectivity index (χ1) is 8.15. The maximum Gasteiger partial charge on any atom is 0.141 e. The third-order valence-electron chi connectivity index (χ3n) is 3.14.